The number of alkyl halides is 3. The van der Waals surface area contributed by atoms with E-state index in [1.54, 1.807) is 11.8 Å². The smallest absolute Gasteiger partial charge is 0.303 e. The zero-order valence-electron chi connectivity index (χ0n) is 11.9. The normalized spacial score (nSPS) is 11.8. The second-order valence-electron chi connectivity index (χ2n) is 4.90. The number of hydrogen-bond donors (Lipinski definition) is 0. The molecule has 0 radical (unpaired) electrons. The molecule has 0 saturated heterocycles. The Balaban J connectivity index is 2.06. The van der Waals surface area contributed by atoms with Crippen molar-refractivity contribution in [2.75, 3.05) is 5.75 Å². The Morgan fingerprint density at radius 2 is 1.95 bits per heavy atom. The van der Waals surface area contributed by atoms with Gasteiger partial charge in [0.05, 0.1) is 11.1 Å². The molecule has 1 aromatic heterocycles. The topological polar surface area (TPSA) is 30.0 Å². The highest BCUT2D eigenvalue weighted by molar-refractivity contribution is 7.99. The highest BCUT2D eigenvalue weighted by Gasteiger charge is 2.30. The molecule has 0 saturated carbocycles. The van der Waals surface area contributed by atoms with Gasteiger partial charge in [0.25, 0.3) is 0 Å². The van der Waals surface area contributed by atoms with E-state index in [0.717, 1.165) is 53.7 Å². The van der Waals surface area contributed by atoms with E-state index in [0.29, 0.717) is 11.9 Å². The predicted molar refractivity (Wildman–Crippen MR) is 82.0 cm³/mol. The average molecular weight is 327 g/mol. The molecule has 0 aliphatic carbocycles. The number of thioether (sulfide) groups is 1. The molecule has 0 aliphatic rings. The van der Waals surface area contributed by atoms with Gasteiger partial charge in [-0.15, -0.1) is 11.8 Å². The summed E-state index contributed by atoms with van der Waals surface area (Å²) < 4.78 is 38.1. The maximum atomic E-state index is 12.7. The van der Waals surface area contributed by atoms with Crippen LogP contribution < -0.4 is 0 Å². The molecule has 118 valence electrons. The summed E-state index contributed by atoms with van der Waals surface area (Å²) in [5, 5.41) is 0.744. The van der Waals surface area contributed by atoms with Gasteiger partial charge >= 0.3 is 6.18 Å². The molecule has 1 aromatic carbocycles. The summed E-state index contributed by atoms with van der Waals surface area (Å²) in [6.07, 6.45) is 1.53. The lowest BCUT2D eigenvalue weighted by atomic mass is 10.1. The minimum Gasteiger partial charge on any atom is -0.303 e. The highest BCUT2D eigenvalue weighted by atomic mass is 32.2. The summed E-state index contributed by atoms with van der Waals surface area (Å²) in [4.78, 5) is 15.2. The second-order valence-corrected chi connectivity index (χ2v) is 6.04. The Bertz CT molecular complexity index is 643. The number of nitrogens with zero attached hydrogens (tertiary/aromatic N) is 1. The van der Waals surface area contributed by atoms with E-state index in [2.05, 4.69) is 4.98 Å². The molecular formula is C16H16F3NOS. The van der Waals surface area contributed by atoms with E-state index in [1.165, 1.54) is 12.3 Å². The molecule has 2 aromatic rings. The van der Waals surface area contributed by atoms with Crippen LogP contribution >= 0.6 is 11.8 Å². The van der Waals surface area contributed by atoms with Crippen LogP contribution in [0.2, 0.25) is 0 Å². The molecular weight excluding hydrogens is 311 g/mol. The first-order valence-electron chi connectivity index (χ1n) is 7.05. The van der Waals surface area contributed by atoms with Gasteiger partial charge in [0.1, 0.15) is 6.29 Å². The number of fused-ring (bicyclic) bond motifs is 1. The van der Waals surface area contributed by atoms with Gasteiger partial charge in [-0.3, -0.25) is 4.98 Å². The fourth-order valence-corrected chi connectivity index (χ4v) is 3.17. The van der Waals surface area contributed by atoms with Gasteiger partial charge in [0.2, 0.25) is 0 Å². The van der Waals surface area contributed by atoms with Gasteiger partial charge in [-0.1, -0.05) is 12.5 Å². The summed E-state index contributed by atoms with van der Waals surface area (Å²) in [6, 6.07) is 5.49. The van der Waals surface area contributed by atoms with Gasteiger partial charge in [-0.2, -0.15) is 13.2 Å². The largest absolute Gasteiger partial charge is 0.416 e. The number of aldehydes is 1. The lowest BCUT2D eigenvalue weighted by Crippen LogP contribution is -2.04. The van der Waals surface area contributed by atoms with Gasteiger partial charge < -0.3 is 4.79 Å². The summed E-state index contributed by atoms with van der Waals surface area (Å²) >= 11 is 1.61. The molecule has 0 amide bonds. The Morgan fingerprint density at radius 1 is 1.14 bits per heavy atom. The highest BCUT2D eigenvalue weighted by Crippen LogP contribution is 2.33. The standard InChI is InChI=1S/C16H16F3NOS/c17-16(18,19)12-5-6-13-14(11-12)20-8-7-15(13)22-10-4-2-1-3-9-21/h5-9,11H,1-4,10H2. The van der Waals surface area contributed by atoms with Crippen molar-refractivity contribution < 1.29 is 18.0 Å². The summed E-state index contributed by atoms with van der Waals surface area (Å²) in [5.41, 5.74) is -0.315. The molecule has 0 aliphatic heterocycles. The van der Waals surface area contributed by atoms with Crippen molar-refractivity contribution >= 4 is 29.0 Å². The summed E-state index contributed by atoms with van der Waals surface area (Å²) in [5.74, 6) is 0.874. The van der Waals surface area contributed by atoms with Crippen LogP contribution in [0.3, 0.4) is 0 Å². The third kappa shape index (κ3) is 4.47. The number of rotatable bonds is 7. The monoisotopic (exact) mass is 327 g/mol. The number of unbranched alkanes of at least 4 members (excludes halogenated alkanes) is 3. The molecule has 6 heteroatoms. The van der Waals surface area contributed by atoms with Crippen LogP contribution in [0.1, 0.15) is 31.2 Å². The van der Waals surface area contributed by atoms with Gasteiger partial charge in [0.15, 0.2) is 0 Å². The van der Waals surface area contributed by atoms with E-state index in [9.17, 15) is 18.0 Å². The fraction of sp³-hybridized carbons (Fsp3) is 0.375. The minimum atomic E-state index is -4.35. The van der Waals surface area contributed by atoms with E-state index >= 15 is 0 Å². The summed E-state index contributed by atoms with van der Waals surface area (Å²) in [6.45, 7) is 0. The SMILES string of the molecule is O=CCCCCCSc1ccnc2cc(C(F)(F)F)ccc12. The van der Waals surface area contributed by atoms with Crippen LogP contribution in [-0.4, -0.2) is 17.0 Å². The van der Waals surface area contributed by atoms with Crippen LogP contribution in [0.25, 0.3) is 10.9 Å². The molecule has 1 heterocycles. The second kappa shape index (κ2) is 7.63. The number of aromatic nitrogens is 1. The van der Waals surface area contributed by atoms with Crippen molar-refractivity contribution in [1.29, 1.82) is 0 Å². The molecule has 2 nitrogen and oxygen atoms in total. The van der Waals surface area contributed by atoms with Gasteiger partial charge in [-0.25, -0.2) is 0 Å². The first kappa shape index (κ1) is 16.8. The van der Waals surface area contributed by atoms with Crippen LogP contribution in [0.15, 0.2) is 35.4 Å². The number of pyridine rings is 1. The number of benzene rings is 1. The Labute approximate surface area is 131 Å². The zero-order valence-corrected chi connectivity index (χ0v) is 12.7. The average Bonchev–Trinajstić information content (AvgIpc) is 2.49. The third-order valence-electron chi connectivity index (χ3n) is 3.25. The molecule has 0 unspecified atom stereocenters. The predicted octanol–water partition coefficient (Wildman–Crippen LogP) is 5.11. The summed E-state index contributed by atoms with van der Waals surface area (Å²) in [7, 11) is 0. The molecule has 0 bridgehead atoms. The van der Waals surface area contributed by atoms with Crippen molar-refractivity contribution in [3.63, 3.8) is 0 Å². The van der Waals surface area contributed by atoms with Crippen LogP contribution in [0.4, 0.5) is 13.2 Å². The van der Waals surface area contributed by atoms with Crippen molar-refractivity contribution in [3.05, 3.63) is 36.0 Å². The molecule has 0 N–H and O–H groups in total. The van der Waals surface area contributed by atoms with E-state index in [-0.39, 0.29) is 0 Å². The number of halogens is 3. The maximum Gasteiger partial charge on any atom is 0.416 e. The quantitative estimate of drug-likeness (QED) is 0.402. The maximum absolute atomic E-state index is 12.7. The third-order valence-corrected chi connectivity index (χ3v) is 4.41. The number of carbonyl (C=O) groups excluding carboxylic acids is 1. The van der Waals surface area contributed by atoms with Crippen LogP contribution in [0.5, 0.6) is 0 Å². The lowest BCUT2D eigenvalue weighted by Gasteiger charge is -2.09. The van der Waals surface area contributed by atoms with Crippen molar-refractivity contribution in [1.82, 2.24) is 4.98 Å². The number of carbonyl (C=O) groups is 1. The Morgan fingerprint density at radius 3 is 2.68 bits per heavy atom. The van der Waals surface area contributed by atoms with Gasteiger partial charge in [0, 0.05) is 22.9 Å². The van der Waals surface area contributed by atoms with E-state index in [4.69, 9.17) is 0 Å². The van der Waals surface area contributed by atoms with E-state index in [1.807, 2.05) is 6.07 Å². The lowest BCUT2D eigenvalue weighted by molar-refractivity contribution is -0.137. The van der Waals surface area contributed by atoms with Crippen molar-refractivity contribution in [2.45, 2.75) is 36.8 Å². The van der Waals surface area contributed by atoms with Crippen LogP contribution in [-0.2, 0) is 11.0 Å². The minimum absolute atomic E-state index is 0.362. The number of hydrogen-bond acceptors (Lipinski definition) is 3. The van der Waals surface area contributed by atoms with Crippen molar-refractivity contribution in [2.24, 2.45) is 0 Å². The Kier molecular flexibility index (Phi) is 5.83. The first-order valence-corrected chi connectivity index (χ1v) is 8.03. The molecule has 2 rings (SSSR count). The molecule has 0 atom stereocenters. The zero-order chi connectivity index (χ0) is 16.0. The van der Waals surface area contributed by atoms with Crippen LogP contribution in [0, 0.1) is 0 Å². The Hall–Kier alpha value is -1.56. The fourth-order valence-electron chi connectivity index (χ4n) is 2.11. The first-order chi connectivity index (χ1) is 10.5. The molecule has 22 heavy (non-hydrogen) atoms. The molecule has 0 spiro atoms. The van der Waals surface area contributed by atoms with Crippen molar-refractivity contribution in [3.8, 4) is 0 Å². The van der Waals surface area contributed by atoms with Gasteiger partial charge in [-0.05, 0) is 36.8 Å². The molecule has 0 fully saturated rings. The van der Waals surface area contributed by atoms with E-state index < -0.39 is 11.7 Å².